The number of nitrogens with one attached hydrogen (secondary N) is 3. The molecule has 3 amide bonds. The summed E-state index contributed by atoms with van der Waals surface area (Å²) in [5.41, 5.74) is 0.934. The number of carbonyl (C=O) groups is 3. The average Bonchev–Trinajstić information content (AvgIpc) is 3.25. The van der Waals surface area contributed by atoms with Crippen molar-refractivity contribution < 1.29 is 14.4 Å². The Labute approximate surface area is 180 Å². The lowest BCUT2D eigenvalue weighted by molar-refractivity contribution is -0.123. The number of rotatable bonds is 6. The van der Waals surface area contributed by atoms with Gasteiger partial charge >= 0.3 is 0 Å². The Morgan fingerprint density at radius 3 is 2.50 bits per heavy atom. The van der Waals surface area contributed by atoms with Gasteiger partial charge < -0.3 is 20.5 Å². The first kappa shape index (κ1) is 21.8. The minimum absolute atomic E-state index is 0.0576. The van der Waals surface area contributed by atoms with Gasteiger partial charge in [0.15, 0.2) is 5.69 Å². The van der Waals surface area contributed by atoms with Gasteiger partial charge in [-0.15, -0.1) is 0 Å². The molecule has 1 aliphatic rings. The molecule has 160 valence electrons. The summed E-state index contributed by atoms with van der Waals surface area (Å²) in [6.07, 6.45) is 4.05. The molecule has 3 N–H and O–H groups in total. The van der Waals surface area contributed by atoms with Gasteiger partial charge in [0.25, 0.3) is 11.8 Å². The van der Waals surface area contributed by atoms with Crippen molar-refractivity contribution in [1.29, 1.82) is 0 Å². The van der Waals surface area contributed by atoms with Gasteiger partial charge in [-0.2, -0.15) is 0 Å². The number of H-pyrrole nitrogens is 1. The normalized spacial score (nSPS) is 18.5. The zero-order chi connectivity index (χ0) is 21.7. The van der Waals surface area contributed by atoms with Gasteiger partial charge in [-0.25, -0.2) is 4.98 Å². The zero-order valence-corrected chi connectivity index (χ0v) is 17.8. The minimum atomic E-state index is -0.421. The lowest BCUT2D eigenvalue weighted by Crippen LogP contribution is -2.43. The SMILES string of the molecule is CCN(c1ccccc1Cl)C(=O)[C@H]1CC[C@H](NC(=O)c2[nH]cnc2C(=O)NC)CC1. The second kappa shape index (κ2) is 9.75. The molecule has 1 fully saturated rings. The van der Waals surface area contributed by atoms with Crippen LogP contribution in [0.1, 0.15) is 53.6 Å². The molecule has 0 bridgehead atoms. The fraction of sp³-hybridized carbons (Fsp3) is 0.429. The van der Waals surface area contributed by atoms with E-state index >= 15 is 0 Å². The Morgan fingerprint density at radius 1 is 1.17 bits per heavy atom. The van der Waals surface area contributed by atoms with Gasteiger partial charge in [0.2, 0.25) is 5.91 Å². The highest BCUT2D eigenvalue weighted by Gasteiger charge is 2.31. The van der Waals surface area contributed by atoms with E-state index in [1.165, 1.54) is 13.4 Å². The van der Waals surface area contributed by atoms with Crippen LogP contribution in [-0.4, -0.2) is 47.3 Å². The average molecular weight is 432 g/mol. The molecule has 9 heteroatoms. The van der Waals surface area contributed by atoms with E-state index in [0.717, 1.165) is 5.69 Å². The van der Waals surface area contributed by atoms with E-state index < -0.39 is 5.91 Å². The van der Waals surface area contributed by atoms with Crippen molar-refractivity contribution >= 4 is 35.0 Å². The smallest absolute Gasteiger partial charge is 0.272 e. The number of hydrogen-bond donors (Lipinski definition) is 3. The molecule has 1 aliphatic carbocycles. The Balaban J connectivity index is 1.59. The highest BCUT2D eigenvalue weighted by Crippen LogP contribution is 2.31. The molecule has 2 aromatic rings. The van der Waals surface area contributed by atoms with Crippen LogP contribution in [-0.2, 0) is 4.79 Å². The summed E-state index contributed by atoms with van der Waals surface area (Å²) < 4.78 is 0. The van der Waals surface area contributed by atoms with Crippen LogP contribution in [0.3, 0.4) is 0 Å². The summed E-state index contributed by atoms with van der Waals surface area (Å²) in [5.74, 6) is -0.837. The van der Waals surface area contributed by atoms with Gasteiger partial charge in [0.05, 0.1) is 17.0 Å². The summed E-state index contributed by atoms with van der Waals surface area (Å²) in [6, 6.07) is 7.28. The maximum Gasteiger partial charge on any atom is 0.272 e. The highest BCUT2D eigenvalue weighted by molar-refractivity contribution is 6.33. The van der Waals surface area contributed by atoms with E-state index in [2.05, 4.69) is 20.6 Å². The van der Waals surface area contributed by atoms with E-state index in [0.29, 0.717) is 37.3 Å². The molecule has 0 aliphatic heterocycles. The van der Waals surface area contributed by atoms with E-state index in [-0.39, 0.29) is 35.2 Å². The second-order valence-corrected chi connectivity index (χ2v) is 7.67. The summed E-state index contributed by atoms with van der Waals surface area (Å²) in [4.78, 5) is 45.8. The first-order valence-corrected chi connectivity index (χ1v) is 10.5. The maximum atomic E-state index is 13.1. The van der Waals surface area contributed by atoms with Crippen LogP contribution in [0.4, 0.5) is 5.69 Å². The number of amides is 3. The Bertz CT molecular complexity index is 921. The number of nitrogens with zero attached hydrogens (tertiary/aromatic N) is 2. The quantitative estimate of drug-likeness (QED) is 0.653. The van der Waals surface area contributed by atoms with Crippen molar-refractivity contribution in [1.82, 2.24) is 20.6 Å². The van der Waals surface area contributed by atoms with Crippen molar-refractivity contribution in [2.45, 2.75) is 38.6 Å². The largest absolute Gasteiger partial charge is 0.354 e. The molecule has 8 nitrogen and oxygen atoms in total. The molecule has 0 radical (unpaired) electrons. The van der Waals surface area contributed by atoms with Crippen molar-refractivity contribution in [3.05, 3.63) is 47.0 Å². The predicted octanol–water partition coefficient (Wildman–Crippen LogP) is 2.76. The van der Waals surface area contributed by atoms with E-state index in [9.17, 15) is 14.4 Å². The highest BCUT2D eigenvalue weighted by atomic mass is 35.5. The third-order valence-electron chi connectivity index (χ3n) is 5.45. The Hall–Kier alpha value is -2.87. The lowest BCUT2D eigenvalue weighted by Gasteiger charge is -2.32. The number of carbonyl (C=O) groups excluding carboxylic acids is 3. The third-order valence-corrected chi connectivity index (χ3v) is 5.77. The van der Waals surface area contributed by atoms with Crippen LogP contribution in [0.15, 0.2) is 30.6 Å². The molecule has 0 unspecified atom stereocenters. The van der Waals surface area contributed by atoms with Gasteiger partial charge in [0, 0.05) is 25.6 Å². The van der Waals surface area contributed by atoms with Crippen LogP contribution in [0.5, 0.6) is 0 Å². The maximum absolute atomic E-state index is 13.1. The van der Waals surface area contributed by atoms with Crippen molar-refractivity contribution in [3.8, 4) is 0 Å². The van der Waals surface area contributed by atoms with Crippen LogP contribution in [0.2, 0.25) is 5.02 Å². The van der Waals surface area contributed by atoms with E-state index in [4.69, 9.17) is 11.6 Å². The molecule has 0 spiro atoms. The number of para-hydroxylation sites is 1. The first-order chi connectivity index (χ1) is 14.5. The van der Waals surface area contributed by atoms with Crippen LogP contribution in [0.25, 0.3) is 0 Å². The molecule has 1 heterocycles. The first-order valence-electron chi connectivity index (χ1n) is 10.1. The standard InChI is InChI=1S/C21H26ClN5O3/c1-3-27(16-7-5-4-6-15(16)22)21(30)13-8-10-14(11-9-13)26-20(29)18-17(19(28)23-2)24-12-25-18/h4-7,12-14H,3,8-11H2,1-2H3,(H,23,28)(H,24,25)(H,26,29)/t13-,14-. The van der Waals surface area contributed by atoms with Gasteiger partial charge in [-0.05, 0) is 44.7 Å². The number of aromatic nitrogens is 2. The molecule has 30 heavy (non-hydrogen) atoms. The monoisotopic (exact) mass is 431 g/mol. The number of anilines is 1. The van der Waals surface area contributed by atoms with Gasteiger partial charge in [-0.3, -0.25) is 14.4 Å². The fourth-order valence-electron chi connectivity index (χ4n) is 3.84. The summed E-state index contributed by atoms with van der Waals surface area (Å²) in [7, 11) is 1.49. The zero-order valence-electron chi connectivity index (χ0n) is 17.1. The molecular formula is C21H26ClN5O3. The molecule has 3 rings (SSSR count). The number of halogens is 1. The van der Waals surface area contributed by atoms with E-state index in [1.54, 1.807) is 11.0 Å². The Morgan fingerprint density at radius 2 is 1.87 bits per heavy atom. The van der Waals surface area contributed by atoms with Crippen molar-refractivity contribution in [2.24, 2.45) is 5.92 Å². The lowest BCUT2D eigenvalue weighted by atomic mass is 9.85. The number of hydrogen-bond acceptors (Lipinski definition) is 4. The Kier molecular flexibility index (Phi) is 7.10. The molecule has 1 aromatic carbocycles. The van der Waals surface area contributed by atoms with Crippen molar-refractivity contribution in [2.75, 3.05) is 18.5 Å². The van der Waals surface area contributed by atoms with Gasteiger partial charge in [-0.1, -0.05) is 23.7 Å². The van der Waals surface area contributed by atoms with Gasteiger partial charge in [0.1, 0.15) is 5.69 Å². The molecular weight excluding hydrogens is 406 g/mol. The molecule has 1 saturated carbocycles. The second-order valence-electron chi connectivity index (χ2n) is 7.26. The summed E-state index contributed by atoms with van der Waals surface area (Å²) in [5, 5.41) is 5.97. The number of benzene rings is 1. The summed E-state index contributed by atoms with van der Waals surface area (Å²) in [6.45, 7) is 2.48. The van der Waals surface area contributed by atoms with Crippen molar-refractivity contribution in [3.63, 3.8) is 0 Å². The van der Waals surface area contributed by atoms with Crippen LogP contribution in [0, 0.1) is 5.92 Å². The topological polar surface area (TPSA) is 107 Å². The third kappa shape index (κ3) is 4.64. The van der Waals surface area contributed by atoms with Crippen LogP contribution < -0.4 is 15.5 Å². The molecule has 1 aromatic heterocycles. The summed E-state index contributed by atoms with van der Waals surface area (Å²) >= 11 is 6.28. The minimum Gasteiger partial charge on any atom is -0.354 e. The molecule has 0 atom stereocenters. The molecule has 0 saturated heterocycles. The fourth-order valence-corrected chi connectivity index (χ4v) is 4.07. The number of imidazole rings is 1. The predicted molar refractivity (Wildman–Crippen MR) is 115 cm³/mol. The van der Waals surface area contributed by atoms with E-state index in [1.807, 2.05) is 25.1 Å². The van der Waals surface area contributed by atoms with Crippen LogP contribution >= 0.6 is 11.6 Å². The number of aromatic amines is 1.